The van der Waals surface area contributed by atoms with Gasteiger partial charge in [-0.05, 0) is 18.2 Å². The van der Waals surface area contributed by atoms with E-state index in [9.17, 15) is 18.0 Å². The van der Waals surface area contributed by atoms with Crippen LogP contribution in [0.5, 0.6) is 0 Å². The molecule has 0 aromatic heterocycles. The Morgan fingerprint density at radius 1 is 1.18 bits per heavy atom. The van der Waals surface area contributed by atoms with E-state index in [0.717, 1.165) is 12.8 Å². The van der Waals surface area contributed by atoms with Gasteiger partial charge in [0, 0.05) is 57.0 Å². The number of hydrogen-bond acceptors (Lipinski definition) is 6. The predicted octanol–water partition coefficient (Wildman–Crippen LogP) is 0.175. The SMILES string of the molecule is CS(=O)(=O)c1cccc(C(=O)N2CCN(C(=O)CC3COCCN3)CC2)c1.Cl. The van der Waals surface area contributed by atoms with Gasteiger partial charge in [-0.25, -0.2) is 8.42 Å². The van der Waals surface area contributed by atoms with Gasteiger partial charge in [0.15, 0.2) is 9.84 Å². The van der Waals surface area contributed by atoms with Crippen LogP contribution in [0.3, 0.4) is 0 Å². The van der Waals surface area contributed by atoms with Crippen molar-refractivity contribution >= 4 is 34.1 Å². The van der Waals surface area contributed by atoms with E-state index in [1.807, 2.05) is 0 Å². The number of carbonyl (C=O) groups is 2. The molecular formula is C18H26ClN3O5S. The van der Waals surface area contributed by atoms with Gasteiger partial charge in [-0.15, -0.1) is 12.4 Å². The zero-order valence-electron chi connectivity index (χ0n) is 15.8. The van der Waals surface area contributed by atoms with Gasteiger partial charge in [0.2, 0.25) is 5.91 Å². The number of piperazine rings is 1. The summed E-state index contributed by atoms with van der Waals surface area (Å²) in [7, 11) is -3.36. The maximum Gasteiger partial charge on any atom is 0.254 e. The van der Waals surface area contributed by atoms with Crippen LogP contribution in [0.25, 0.3) is 0 Å². The van der Waals surface area contributed by atoms with Crippen LogP contribution in [0.2, 0.25) is 0 Å². The van der Waals surface area contributed by atoms with Gasteiger partial charge in [-0.2, -0.15) is 0 Å². The average Bonchev–Trinajstić information content (AvgIpc) is 2.68. The highest BCUT2D eigenvalue weighted by atomic mass is 35.5. The first-order chi connectivity index (χ1) is 12.8. The second kappa shape index (κ2) is 9.69. The molecular weight excluding hydrogens is 406 g/mol. The Morgan fingerprint density at radius 3 is 2.46 bits per heavy atom. The van der Waals surface area contributed by atoms with Crippen molar-refractivity contribution < 1.29 is 22.7 Å². The quantitative estimate of drug-likeness (QED) is 0.730. The Morgan fingerprint density at radius 2 is 1.86 bits per heavy atom. The standard InChI is InChI=1S/C18H25N3O5S.ClH/c1-27(24,25)16-4-2-3-14(11-16)18(23)21-8-6-20(7-9-21)17(22)12-15-13-26-10-5-19-15;/h2-4,11,15,19H,5-10,12-13H2,1H3;1H. The maximum absolute atomic E-state index is 12.7. The minimum atomic E-state index is -3.36. The van der Waals surface area contributed by atoms with E-state index in [-0.39, 0.29) is 35.2 Å². The molecule has 1 unspecified atom stereocenters. The van der Waals surface area contributed by atoms with Crippen molar-refractivity contribution in [2.75, 3.05) is 52.2 Å². The first-order valence-electron chi connectivity index (χ1n) is 9.03. The lowest BCUT2D eigenvalue weighted by molar-refractivity contribution is -0.133. The second-order valence-corrected chi connectivity index (χ2v) is 8.92. The van der Waals surface area contributed by atoms with Crippen LogP contribution in [-0.2, 0) is 19.4 Å². The van der Waals surface area contributed by atoms with Gasteiger partial charge in [-0.3, -0.25) is 9.59 Å². The lowest BCUT2D eigenvalue weighted by Crippen LogP contribution is -2.52. The summed E-state index contributed by atoms with van der Waals surface area (Å²) in [5, 5.41) is 3.27. The fourth-order valence-electron chi connectivity index (χ4n) is 3.29. The third kappa shape index (κ3) is 5.66. The Bertz CT molecular complexity index is 803. The summed E-state index contributed by atoms with van der Waals surface area (Å²) in [6.07, 6.45) is 1.51. The number of amides is 2. The van der Waals surface area contributed by atoms with Gasteiger partial charge in [0.05, 0.1) is 18.1 Å². The Kier molecular flexibility index (Phi) is 7.82. The normalized spacial score (nSPS) is 20.4. The summed E-state index contributed by atoms with van der Waals surface area (Å²) in [5.74, 6) is -0.154. The third-order valence-corrected chi connectivity index (χ3v) is 5.96. The number of carbonyl (C=O) groups excluding carboxylic acids is 2. The van der Waals surface area contributed by atoms with Gasteiger partial charge in [0.25, 0.3) is 5.91 Å². The number of nitrogens with one attached hydrogen (secondary N) is 1. The molecule has 1 N–H and O–H groups in total. The van der Waals surface area contributed by atoms with Gasteiger partial charge in [0.1, 0.15) is 0 Å². The Labute approximate surface area is 171 Å². The van der Waals surface area contributed by atoms with E-state index in [1.54, 1.807) is 21.9 Å². The van der Waals surface area contributed by atoms with E-state index < -0.39 is 9.84 Å². The van der Waals surface area contributed by atoms with Crippen LogP contribution in [0.1, 0.15) is 16.8 Å². The number of hydrogen-bond donors (Lipinski definition) is 1. The van der Waals surface area contributed by atoms with Crippen molar-refractivity contribution in [3.63, 3.8) is 0 Å². The molecule has 10 heteroatoms. The first-order valence-corrected chi connectivity index (χ1v) is 10.9. The number of benzene rings is 1. The summed E-state index contributed by atoms with van der Waals surface area (Å²) >= 11 is 0. The molecule has 8 nitrogen and oxygen atoms in total. The molecule has 0 spiro atoms. The summed E-state index contributed by atoms with van der Waals surface area (Å²) in [6.45, 7) is 3.79. The van der Waals surface area contributed by atoms with Gasteiger partial charge >= 0.3 is 0 Å². The van der Waals surface area contributed by atoms with E-state index >= 15 is 0 Å². The molecule has 1 atom stereocenters. The van der Waals surface area contributed by atoms with E-state index in [4.69, 9.17) is 4.74 Å². The number of nitrogens with zero attached hydrogens (tertiary/aromatic N) is 2. The summed E-state index contributed by atoms with van der Waals surface area (Å²) in [6, 6.07) is 6.12. The number of halogens is 1. The number of ether oxygens (including phenoxy) is 1. The van der Waals surface area contributed by atoms with Gasteiger partial charge < -0.3 is 19.9 Å². The molecule has 1 aromatic carbocycles. The number of rotatable bonds is 4. The minimum absolute atomic E-state index is 0. The fourth-order valence-corrected chi connectivity index (χ4v) is 3.96. The fraction of sp³-hybridized carbons (Fsp3) is 0.556. The van der Waals surface area contributed by atoms with E-state index in [2.05, 4.69) is 5.32 Å². The summed E-state index contributed by atoms with van der Waals surface area (Å²) < 4.78 is 28.7. The second-order valence-electron chi connectivity index (χ2n) is 6.90. The first kappa shape index (κ1) is 22.6. The smallest absolute Gasteiger partial charge is 0.254 e. The number of morpholine rings is 1. The van der Waals surface area contributed by atoms with Gasteiger partial charge in [-0.1, -0.05) is 6.07 Å². The molecule has 0 saturated carbocycles. The van der Waals surface area contributed by atoms with E-state index in [1.165, 1.54) is 12.1 Å². The molecule has 0 radical (unpaired) electrons. The van der Waals surface area contributed by atoms with E-state index in [0.29, 0.717) is 51.4 Å². The van der Waals surface area contributed by atoms with Crippen LogP contribution in [-0.4, -0.2) is 88.3 Å². The summed E-state index contributed by atoms with van der Waals surface area (Å²) in [4.78, 5) is 28.7. The molecule has 1 aromatic rings. The minimum Gasteiger partial charge on any atom is -0.378 e. The van der Waals surface area contributed by atoms with Crippen LogP contribution in [0.15, 0.2) is 29.2 Å². The van der Waals surface area contributed by atoms with Crippen molar-refractivity contribution in [3.05, 3.63) is 29.8 Å². The lowest BCUT2D eigenvalue weighted by Gasteiger charge is -2.36. The molecule has 2 aliphatic heterocycles. The van der Waals surface area contributed by atoms with Crippen molar-refractivity contribution in [1.29, 1.82) is 0 Å². The van der Waals surface area contributed by atoms with Crippen LogP contribution in [0, 0.1) is 0 Å². The molecule has 2 saturated heterocycles. The molecule has 3 rings (SSSR count). The average molecular weight is 432 g/mol. The highest BCUT2D eigenvalue weighted by molar-refractivity contribution is 7.90. The van der Waals surface area contributed by atoms with Crippen LogP contribution < -0.4 is 5.32 Å². The van der Waals surface area contributed by atoms with Crippen molar-refractivity contribution in [1.82, 2.24) is 15.1 Å². The van der Waals surface area contributed by atoms with Crippen LogP contribution >= 0.6 is 12.4 Å². The molecule has 2 amide bonds. The third-order valence-electron chi connectivity index (χ3n) is 4.85. The van der Waals surface area contributed by atoms with Crippen molar-refractivity contribution in [2.24, 2.45) is 0 Å². The Balaban J connectivity index is 0.00000280. The number of sulfone groups is 1. The van der Waals surface area contributed by atoms with Crippen molar-refractivity contribution in [3.8, 4) is 0 Å². The maximum atomic E-state index is 12.7. The monoisotopic (exact) mass is 431 g/mol. The zero-order valence-corrected chi connectivity index (χ0v) is 17.4. The molecule has 156 valence electrons. The predicted molar refractivity (Wildman–Crippen MR) is 107 cm³/mol. The summed E-state index contributed by atoms with van der Waals surface area (Å²) in [5.41, 5.74) is 0.348. The molecule has 0 aliphatic carbocycles. The highest BCUT2D eigenvalue weighted by Crippen LogP contribution is 2.15. The largest absolute Gasteiger partial charge is 0.378 e. The Hall–Kier alpha value is -1.68. The zero-order chi connectivity index (χ0) is 19.4. The molecule has 28 heavy (non-hydrogen) atoms. The van der Waals surface area contributed by atoms with Crippen molar-refractivity contribution in [2.45, 2.75) is 17.4 Å². The highest BCUT2D eigenvalue weighted by Gasteiger charge is 2.27. The molecule has 2 heterocycles. The topological polar surface area (TPSA) is 96.0 Å². The molecule has 0 bridgehead atoms. The molecule has 2 aliphatic rings. The van der Waals surface area contributed by atoms with Crippen LogP contribution in [0.4, 0.5) is 0 Å². The molecule has 2 fully saturated rings. The lowest BCUT2D eigenvalue weighted by atomic mass is 10.1.